The largest absolute Gasteiger partial charge is 0.394 e. The van der Waals surface area contributed by atoms with Crippen molar-refractivity contribution < 1.29 is 28.2 Å². The van der Waals surface area contributed by atoms with Crippen molar-refractivity contribution in [3.63, 3.8) is 0 Å². The van der Waals surface area contributed by atoms with E-state index in [1.54, 1.807) is 24.3 Å². The average molecular weight is 483 g/mol. The van der Waals surface area contributed by atoms with Crippen LogP contribution in [0, 0.1) is 11.6 Å². The molecular weight excluding hydrogens is 458 g/mol. The van der Waals surface area contributed by atoms with Crippen molar-refractivity contribution in [2.75, 3.05) is 23.8 Å². The zero-order chi connectivity index (χ0) is 23.8. The van der Waals surface area contributed by atoms with Crippen molar-refractivity contribution in [2.24, 2.45) is 0 Å². The van der Waals surface area contributed by atoms with E-state index < -0.39 is 29.8 Å². The number of carbonyl (C=O) groups is 2. The van der Waals surface area contributed by atoms with Gasteiger partial charge in [0.2, 0.25) is 0 Å². The summed E-state index contributed by atoms with van der Waals surface area (Å²) >= 11 is 5.81. The molecule has 0 unspecified atom stereocenters. The van der Waals surface area contributed by atoms with E-state index in [1.165, 1.54) is 0 Å². The van der Waals surface area contributed by atoms with Crippen LogP contribution in [0.5, 0.6) is 0 Å². The van der Waals surface area contributed by atoms with Crippen LogP contribution in [0.1, 0.15) is 19.3 Å². The van der Waals surface area contributed by atoms with E-state index in [-0.39, 0.29) is 24.4 Å². The molecule has 3 rings (SSSR count). The Kier molecular flexibility index (Phi) is 8.81. The van der Waals surface area contributed by atoms with Gasteiger partial charge in [0.1, 0.15) is 17.7 Å². The zero-order valence-corrected chi connectivity index (χ0v) is 18.4. The second kappa shape index (κ2) is 11.8. The molecule has 0 saturated carbocycles. The van der Waals surface area contributed by atoms with E-state index >= 15 is 0 Å². The maximum absolute atomic E-state index is 13.7. The molecule has 0 bridgehead atoms. The van der Waals surface area contributed by atoms with Gasteiger partial charge in [0.05, 0.1) is 24.4 Å². The predicted octanol–water partition coefficient (Wildman–Crippen LogP) is 3.86. The molecule has 0 radical (unpaired) electrons. The van der Waals surface area contributed by atoms with Crippen LogP contribution in [0.25, 0.3) is 0 Å². The number of nitrogens with one attached hydrogen (secondary N) is 4. The Morgan fingerprint density at radius 3 is 2.55 bits per heavy atom. The van der Waals surface area contributed by atoms with Gasteiger partial charge >= 0.3 is 12.1 Å². The molecule has 1 aliphatic rings. The van der Waals surface area contributed by atoms with Gasteiger partial charge in [-0.05, 0) is 55.7 Å². The number of halogens is 3. The molecule has 1 saturated heterocycles. The number of hydrogen-bond donors (Lipinski definition) is 5. The molecule has 1 aliphatic heterocycles. The van der Waals surface area contributed by atoms with Crippen LogP contribution in [-0.4, -0.2) is 48.6 Å². The fraction of sp³-hybridized carbons (Fsp3) is 0.364. The third-order valence-electron chi connectivity index (χ3n) is 5.14. The first-order chi connectivity index (χ1) is 15.8. The molecule has 0 spiro atoms. The van der Waals surface area contributed by atoms with Crippen molar-refractivity contribution in [1.29, 1.82) is 0 Å². The molecule has 11 heteroatoms. The summed E-state index contributed by atoms with van der Waals surface area (Å²) in [7, 11) is 0. The lowest BCUT2D eigenvalue weighted by Gasteiger charge is -2.36. The SMILES string of the molecule is O=C(NCC[C@@H]1CC[C@H](NC(=O)Nc2cc(F)ccc2F)[C@H](CO)O1)Nc1ccc(Cl)cc1. The molecule has 8 nitrogen and oxygen atoms in total. The summed E-state index contributed by atoms with van der Waals surface area (Å²) in [6, 6.07) is 7.84. The Morgan fingerprint density at radius 1 is 1.06 bits per heavy atom. The number of aliphatic hydroxyl groups is 1. The number of aliphatic hydroxyl groups excluding tert-OH is 1. The Bertz CT molecular complexity index is 964. The molecule has 0 aromatic heterocycles. The van der Waals surface area contributed by atoms with Crippen molar-refractivity contribution in [1.82, 2.24) is 10.6 Å². The minimum atomic E-state index is -0.766. The lowest BCUT2D eigenvalue weighted by atomic mass is 9.97. The Labute approximate surface area is 194 Å². The average Bonchev–Trinajstić information content (AvgIpc) is 2.78. The lowest BCUT2D eigenvalue weighted by molar-refractivity contribution is -0.0885. The highest BCUT2D eigenvalue weighted by molar-refractivity contribution is 6.30. The van der Waals surface area contributed by atoms with E-state index in [2.05, 4.69) is 21.3 Å². The van der Waals surface area contributed by atoms with Crippen molar-refractivity contribution in [3.8, 4) is 0 Å². The topological polar surface area (TPSA) is 112 Å². The van der Waals surface area contributed by atoms with Crippen LogP contribution in [0.4, 0.5) is 29.7 Å². The van der Waals surface area contributed by atoms with Gasteiger partial charge in [0.25, 0.3) is 0 Å². The monoisotopic (exact) mass is 482 g/mol. The van der Waals surface area contributed by atoms with Gasteiger partial charge in [0.15, 0.2) is 0 Å². The van der Waals surface area contributed by atoms with Gasteiger partial charge in [-0.3, -0.25) is 0 Å². The molecule has 5 N–H and O–H groups in total. The highest BCUT2D eigenvalue weighted by Crippen LogP contribution is 2.22. The first kappa shape index (κ1) is 24.7. The molecular formula is C22H25ClF2N4O4. The normalized spacial score (nSPS) is 20.1. The minimum absolute atomic E-state index is 0.222. The van der Waals surface area contributed by atoms with Gasteiger partial charge in [0, 0.05) is 23.3 Å². The predicted molar refractivity (Wildman–Crippen MR) is 120 cm³/mol. The Hall–Kier alpha value is -2.95. The second-order valence-corrected chi connectivity index (χ2v) is 8.00. The fourth-order valence-electron chi connectivity index (χ4n) is 3.48. The molecule has 2 aromatic rings. The van der Waals surface area contributed by atoms with Crippen LogP contribution >= 0.6 is 11.6 Å². The highest BCUT2D eigenvalue weighted by atomic mass is 35.5. The maximum Gasteiger partial charge on any atom is 0.319 e. The number of carbonyl (C=O) groups excluding carboxylic acids is 2. The van der Waals surface area contributed by atoms with Gasteiger partial charge < -0.3 is 31.1 Å². The maximum atomic E-state index is 13.7. The third-order valence-corrected chi connectivity index (χ3v) is 5.39. The van der Waals surface area contributed by atoms with Gasteiger partial charge in [-0.1, -0.05) is 11.6 Å². The van der Waals surface area contributed by atoms with E-state index in [1.807, 2.05) is 0 Å². The number of ether oxygens (including phenoxy) is 1. The fourth-order valence-corrected chi connectivity index (χ4v) is 3.61. The van der Waals surface area contributed by atoms with Crippen molar-refractivity contribution in [3.05, 3.63) is 59.1 Å². The second-order valence-electron chi connectivity index (χ2n) is 7.56. The summed E-state index contributed by atoms with van der Waals surface area (Å²) < 4.78 is 32.8. The van der Waals surface area contributed by atoms with Crippen LogP contribution in [0.2, 0.25) is 5.02 Å². The standard InChI is InChI=1S/C22H25ClF2N4O4/c23-13-1-4-15(5-2-13)27-21(31)26-10-9-16-6-8-18(20(12-30)33-16)28-22(32)29-19-11-14(24)3-7-17(19)25/h1-5,7,11,16,18,20,30H,6,8-10,12H2,(H2,26,27,31)(H2,28,29,32)/t16-,18-,20-/m0/s1. The summed E-state index contributed by atoms with van der Waals surface area (Å²) in [5.41, 5.74) is 0.321. The van der Waals surface area contributed by atoms with Crippen LogP contribution in [0.3, 0.4) is 0 Å². The van der Waals surface area contributed by atoms with Gasteiger partial charge in [-0.2, -0.15) is 0 Å². The minimum Gasteiger partial charge on any atom is -0.394 e. The van der Waals surface area contributed by atoms with Crippen molar-refractivity contribution >= 4 is 35.0 Å². The number of hydrogen-bond acceptors (Lipinski definition) is 4. The van der Waals surface area contributed by atoms with E-state index in [0.29, 0.717) is 36.5 Å². The number of benzene rings is 2. The Balaban J connectivity index is 1.41. The van der Waals surface area contributed by atoms with Crippen LogP contribution in [0.15, 0.2) is 42.5 Å². The molecule has 1 fully saturated rings. The number of urea groups is 2. The summed E-state index contributed by atoms with van der Waals surface area (Å²) in [6.45, 7) is 0.0138. The third kappa shape index (κ3) is 7.55. The number of amides is 4. The van der Waals surface area contributed by atoms with Gasteiger partial charge in [-0.15, -0.1) is 0 Å². The lowest BCUT2D eigenvalue weighted by Crippen LogP contribution is -2.52. The number of rotatable bonds is 7. The Morgan fingerprint density at radius 2 is 1.82 bits per heavy atom. The molecule has 33 heavy (non-hydrogen) atoms. The molecule has 2 aromatic carbocycles. The summed E-state index contributed by atoms with van der Waals surface area (Å²) in [5, 5.41) is 20.5. The van der Waals surface area contributed by atoms with Gasteiger partial charge in [-0.25, -0.2) is 18.4 Å². The first-order valence-corrected chi connectivity index (χ1v) is 10.8. The van der Waals surface area contributed by atoms with E-state index in [4.69, 9.17) is 16.3 Å². The molecule has 4 amide bonds. The zero-order valence-electron chi connectivity index (χ0n) is 17.6. The van der Waals surface area contributed by atoms with Crippen LogP contribution in [-0.2, 0) is 4.74 Å². The van der Waals surface area contributed by atoms with Crippen LogP contribution < -0.4 is 21.3 Å². The molecule has 0 aliphatic carbocycles. The quantitative estimate of drug-likeness (QED) is 0.412. The smallest absolute Gasteiger partial charge is 0.319 e. The van der Waals surface area contributed by atoms with E-state index in [9.17, 15) is 23.5 Å². The molecule has 1 heterocycles. The summed E-state index contributed by atoms with van der Waals surface area (Å²) in [4.78, 5) is 24.2. The first-order valence-electron chi connectivity index (χ1n) is 10.4. The summed E-state index contributed by atoms with van der Waals surface area (Å²) in [5.74, 6) is -1.45. The highest BCUT2D eigenvalue weighted by Gasteiger charge is 2.32. The van der Waals surface area contributed by atoms with E-state index in [0.717, 1.165) is 18.2 Å². The molecule has 3 atom stereocenters. The van der Waals surface area contributed by atoms with Crippen molar-refractivity contribution in [2.45, 2.75) is 37.5 Å². The molecule has 178 valence electrons. The number of anilines is 2. The summed E-state index contributed by atoms with van der Waals surface area (Å²) in [6.07, 6.45) is 0.703.